The molecule has 0 atom stereocenters. The molecule has 0 aromatic heterocycles. The quantitative estimate of drug-likeness (QED) is 0.621. The van der Waals surface area contributed by atoms with Gasteiger partial charge in [-0.05, 0) is 18.9 Å². The zero-order valence-electron chi connectivity index (χ0n) is 10.0. The molecule has 3 nitrogen and oxygen atoms in total. The predicted octanol–water partition coefficient (Wildman–Crippen LogP) is 3.59. The van der Waals surface area contributed by atoms with Crippen molar-refractivity contribution in [3.8, 4) is 5.75 Å². The number of hydrogen-bond donors (Lipinski definition) is 0. The van der Waals surface area contributed by atoms with Crippen LogP contribution in [-0.2, 0) is 10.3 Å². The topological polar surface area (TPSA) is 38.7 Å². The first-order chi connectivity index (χ1) is 8.63. The zero-order chi connectivity index (χ0) is 13.2. The number of ether oxygens (including phenoxy) is 1. The second kappa shape index (κ2) is 5.09. The number of carbonyl (C=O) groups excluding carboxylic acids is 1. The molecule has 0 bridgehead atoms. The summed E-state index contributed by atoms with van der Waals surface area (Å²) in [5, 5.41) is 0.321. The highest BCUT2D eigenvalue weighted by atomic mass is 35.5. The zero-order valence-corrected chi connectivity index (χ0v) is 10.8. The lowest BCUT2D eigenvalue weighted by Gasteiger charge is -2.24. The van der Waals surface area contributed by atoms with Crippen molar-refractivity contribution in [2.24, 2.45) is 4.99 Å². The van der Waals surface area contributed by atoms with E-state index in [2.05, 4.69) is 4.99 Å². The Labute approximate surface area is 110 Å². The third-order valence-electron chi connectivity index (χ3n) is 3.43. The maximum atomic E-state index is 14.1. The molecule has 0 saturated heterocycles. The summed E-state index contributed by atoms with van der Waals surface area (Å²) >= 11 is 6.01. The molecule has 96 valence electrons. The number of halogens is 2. The molecule has 2 rings (SSSR count). The summed E-state index contributed by atoms with van der Waals surface area (Å²) in [5.41, 5.74) is -0.448. The minimum atomic E-state index is -0.804. The van der Waals surface area contributed by atoms with Gasteiger partial charge in [-0.2, -0.15) is 4.99 Å². The Bertz CT molecular complexity index is 506. The smallest absolute Gasteiger partial charge is 0.235 e. The maximum absolute atomic E-state index is 14.1. The van der Waals surface area contributed by atoms with E-state index in [1.807, 2.05) is 0 Å². The second-order valence-electron chi connectivity index (χ2n) is 4.41. The monoisotopic (exact) mass is 269 g/mol. The van der Waals surface area contributed by atoms with Gasteiger partial charge in [-0.25, -0.2) is 9.18 Å². The Morgan fingerprint density at radius 1 is 1.44 bits per heavy atom. The van der Waals surface area contributed by atoms with Gasteiger partial charge in [-0.15, -0.1) is 0 Å². The van der Waals surface area contributed by atoms with Gasteiger partial charge in [0.1, 0.15) is 17.1 Å². The number of methoxy groups -OCH3 is 1. The molecule has 1 aromatic rings. The molecule has 0 amide bonds. The summed E-state index contributed by atoms with van der Waals surface area (Å²) in [6.45, 7) is 0. The summed E-state index contributed by atoms with van der Waals surface area (Å²) < 4.78 is 19.1. The molecule has 1 aromatic carbocycles. The average molecular weight is 270 g/mol. The van der Waals surface area contributed by atoms with Crippen molar-refractivity contribution >= 4 is 17.7 Å². The molecule has 1 saturated carbocycles. The van der Waals surface area contributed by atoms with Crippen molar-refractivity contribution in [1.82, 2.24) is 0 Å². The lowest BCUT2D eigenvalue weighted by molar-refractivity contribution is 0.402. The van der Waals surface area contributed by atoms with Crippen molar-refractivity contribution in [2.45, 2.75) is 31.2 Å². The van der Waals surface area contributed by atoms with E-state index in [0.717, 1.165) is 12.8 Å². The van der Waals surface area contributed by atoms with E-state index in [0.29, 0.717) is 23.4 Å². The number of aliphatic imine (C=N–C) groups is 1. The predicted molar refractivity (Wildman–Crippen MR) is 66.2 cm³/mol. The van der Waals surface area contributed by atoms with E-state index >= 15 is 0 Å². The minimum absolute atomic E-state index is 0.279. The summed E-state index contributed by atoms with van der Waals surface area (Å²) in [5.74, 6) is -0.168. The van der Waals surface area contributed by atoms with Crippen LogP contribution in [0.2, 0.25) is 5.02 Å². The van der Waals surface area contributed by atoms with Crippen LogP contribution in [0.1, 0.15) is 31.2 Å². The molecule has 0 radical (unpaired) electrons. The molecule has 0 N–H and O–H groups in total. The largest absolute Gasteiger partial charge is 0.495 e. The number of hydrogen-bond acceptors (Lipinski definition) is 3. The van der Waals surface area contributed by atoms with E-state index in [1.165, 1.54) is 19.2 Å². The van der Waals surface area contributed by atoms with Gasteiger partial charge in [0.15, 0.2) is 0 Å². The highest BCUT2D eigenvalue weighted by Crippen LogP contribution is 2.45. The van der Waals surface area contributed by atoms with Gasteiger partial charge >= 0.3 is 0 Å². The van der Waals surface area contributed by atoms with Gasteiger partial charge in [-0.3, -0.25) is 0 Å². The van der Waals surface area contributed by atoms with Gasteiger partial charge in [0.05, 0.1) is 12.1 Å². The number of benzene rings is 1. The van der Waals surface area contributed by atoms with Crippen molar-refractivity contribution in [1.29, 1.82) is 0 Å². The molecule has 18 heavy (non-hydrogen) atoms. The number of nitrogens with zero attached hydrogens (tertiary/aromatic N) is 1. The third-order valence-corrected chi connectivity index (χ3v) is 3.73. The normalized spacial score (nSPS) is 17.3. The molecule has 0 spiro atoms. The highest BCUT2D eigenvalue weighted by Gasteiger charge is 2.38. The van der Waals surface area contributed by atoms with E-state index < -0.39 is 11.4 Å². The van der Waals surface area contributed by atoms with E-state index in [4.69, 9.17) is 16.3 Å². The van der Waals surface area contributed by atoms with Crippen LogP contribution in [0.25, 0.3) is 0 Å². The standard InChI is InChI=1S/C13H13ClFNO2/c1-18-12-7-11(15)9(6-10(12)14)13(16-8-17)4-2-3-5-13/h6-7H,2-5H2,1H3. The minimum Gasteiger partial charge on any atom is -0.495 e. The van der Waals surface area contributed by atoms with E-state index in [-0.39, 0.29) is 5.75 Å². The third kappa shape index (κ3) is 2.14. The summed E-state index contributed by atoms with van der Waals surface area (Å²) in [4.78, 5) is 14.4. The molecular weight excluding hydrogens is 257 g/mol. The molecule has 0 heterocycles. The van der Waals surface area contributed by atoms with Gasteiger partial charge in [0.25, 0.3) is 0 Å². The molecule has 0 aliphatic heterocycles. The van der Waals surface area contributed by atoms with Crippen molar-refractivity contribution in [3.63, 3.8) is 0 Å². The summed E-state index contributed by atoms with van der Waals surface area (Å²) in [6.07, 6.45) is 4.66. The van der Waals surface area contributed by atoms with Crippen LogP contribution in [0, 0.1) is 5.82 Å². The van der Waals surface area contributed by atoms with Crippen molar-refractivity contribution < 1.29 is 13.9 Å². The number of isocyanates is 1. The molecular formula is C13H13ClFNO2. The van der Waals surface area contributed by atoms with Crippen LogP contribution in [-0.4, -0.2) is 13.2 Å². The summed E-state index contributed by atoms with van der Waals surface area (Å²) in [6, 6.07) is 2.74. The van der Waals surface area contributed by atoms with Crippen molar-refractivity contribution in [3.05, 3.63) is 28.5 Å². The Balaban J connectivity index is 2.55. The lowest BCUT2D eigenvalue weighted by atomic mass is 9.88. The Morgan fingerprint density at radius 2 is 2.11 bits per heavy atom. The van der Waals surface area contributed by atoms with Gasteiger partial charge in [0.2, 0.25) is 6.08 Å². The second-order valence-corrected chi connectivity index (χ2v) is 4.82. The molecule has 1 aliphatic rings. The first-order valence-electron chi connectivity index (χ1n) is 5.75. The first-order valence-corrected chi connectivity index (χ1v) is 6.13. The van der Waals surface area contributed by atoms with Crippen LogP contribution in [0.5, 0.6) is 5.75 Å². The molecule has 1 aliphatic carbocycles. The fraction of sp³-hybridized carbons (Fsp3) is 0.462. The number of rotatable bonds is 3. The van der Waals surface area contributed by atoms with E-state index in [1.54, 1.807) is 6.08 Å². The van der Waals surface area contributed by atoms with Crippen LogP contribution in [0.15, 0.2) is 17.1 Å². The first kappa shape index (κ1) is 13.1. The fourth-order valence-electron chi connectivity index (χ4n) is 2.53. The lowest BCUT2D eigenvalue weighted by Crippen LogP contribution is -2.20. The molecule has 1 fully saturated rings. The van der Waals surface area contributed by atoms with Gasteiger partial charge in [0, 0.05) is 11.6 Å². The average Bonchev–Trinajstić information content (AvgIpc) is 2.81. The summed E-state index contributed by atoms with van der Waals surface area (Å²) in [7, 11) is 1.43. The van der Waals surface area contributed by atoms with Crippen LogP contribution >= 0.6 is 11.6 Å². The van der Waals surface area contributed by atoms with Crippen LogP contribution in [0.3, 0.4) is 0 Å². The SMILES string of the molecule is COc1cc(F)c(C2(N=C=O)CCCC2)cc1Cl. The maximum Gasteiger partial charge on any atom is 0.235 e. The Hall–Kier alpha value is -1.38. The highest BCUT2D eigenvalue weighted by molar-refractivity contribution is 6.32. The van der Waals surface area contributed by atoms with Crippen molar-refractivity contribution in [2.75, 3.05) is 7.11 Å². The van der Waals surface area contributed by atoms with Gasteiger partial charge in [-0.1, -0.05) is 24.4 Å². The molecule has 0 unspecified atom stereocenters. The Kier molecular flexibility index (Phi) is 3.69. The fourth-order valence-corrected chi connectivity index (χ4v) is 2.77. The Morgan fingerprint density at radius 3 is 2.67 bits per heavy atom. The van der Waals surface area contributed by atoms with Crippen LogP contribution < -0.4 is 4.74 Å². The molecule has 5 heteroatoms. The van der Waals surface area contributed by atoms with E-state index in [9.17, 15) is 9.18 Å². The van der Waals surface area contributed by atoms with Gasteiger partial charge < -0.3 is 4.74 Å². The van der Waals surface area contributed by atoms with Crippen LogP contribution in [0.4, 0.5) is 4.39 Å².